The zero-order valence-electron chi connectivity index (χ0n) is 14.2. The van der Waals surface area contributed by atoms with E-state index >= 15 is 0 Å². The summed E-state index contributed by atoms with van der Waals surface area (Å²) in [5.41, 5.74) is 11.8. The van der Waals surface area contributed by atoms with E-state index in [1.165, 1.54) is 28.0 Å². The van der Waals surface area contributed by atoms with Crippen molar-refractivity contribution in [2.45, 2.75) is 41.5 Å². The van der Waals surface area contributed by atoms with Crippen LogP contribution in [0.2, 0.25) is 0 Å². The van der Waals surface area contributed by atoms with Gasteiger partial charge in [-0.2, -0.15) is 0 Å². The molecule has 114 valence electrons. The van der Waals surface area contributed by atoms with Crippen LogP contribution in [0.15, 0.2) is 34.0 Å². The first-order valence-corrected chi connectivity index (χ1v) is 7.69. The van der Waals surface area contributed by atoms with Crippen molar-refractivity contribution < 1.29 is 0 Å². The van der Waals surface area contributed by atoms with Crippen molar-refractivity contribution in [3.05, 3.63) is 62.9 Å². The lowest BCUT2D eigenvalue weighted by molar-refractivity contribution is 1.21. The van der Waals surface area contributed by atoms with E-state index in [2.05, 4.69) is 69.7 Å². The van der Waals surface area contributed by atoms with Gasteiger partial charge in [0.1, 0.15) is 0 Å². The number of aromatic amines is 2. The Balaban J connectivity index is 2.07. The maximum Gasteiger partial charge on any atom is 0.0904 e. The van der Waals surface area contributed by atoms with E-state index in [1.54, 1.807) is 0 Å². The van der Waals surface area contributed by atoms with Gasteiger partial charge in [-0.1, -0.05) is 0 Å². The largest absolute Gasteiger partial charge is 0.359 e. The van der Waals surface area contributed by atoms with Gasteiger partial charge in [0.25, 0.3) is 0 Å². The standard InChI is InChI=1S/C19H23N3/c1-10-7-8-16(20-10)19-14(5)13(4)18(22-19)9-17-12(3)11(2)15(6)21-17/h7-9,20-21H,1-6H3/b18-9+. The average molecular weight is 293 g/mol. The molecular weight excluding hydrogens is 270 g/mol. The molecule has 2 N–H and O–H groups in total. The molecule has 3 nitrogen and oxygen atoms in total. The second-order valence-electron chi connectivity index (χ2n) is 6.21. The highest BCUT2D eigenvalue weighted by Gasteiger charge is 2.20. The van der Waals surface area contributed by atoms with Crippen molar-refractivity contribution in [2.75, 3.05) is 0 Å². The summed E-state index contributed by atoms with van der Waals surface area (Å²) in [7, 11) is 0. The molecule has 3 heterocycles. The molecule has 0 saturated carbocycles. The Kier molecular flexibility index (Phi) is 3.44. The van der Waals surface area contributed by atoms with E-state index in [-0.39, 0.29) is 0 Å². The number of aliphatic imine (C=N–C) groups is 1. The van der Waals surface area contributed by atoms with Crippen LogP contribution in [0.3, 0.4) is 0 Å². The lowest BCUT2D eigenvalue weighted by atomic mass is 10.0. The van der Waals surface area contributed by atoms with Crippen LogP contribution in [-0.2, 0) is 0 Å². The lowest BCUT2D eigenvalue weighted by Crippen LogP contribution is -2.00. The number of H-pyrrole nitrogens is 2. The van der Waals surface area contributed by atoms with Gasteiger partial charge >= 0.3 is 0 Å². The molecule has 22 heavy (non-hydrogen) atoms. The summed E-state index contributed by atoms with van der Waals surface area (Å²) in [6, 6.07) is 4.19. The zero-order chi connectivity index (χ0) is 16.0. The summed E-state index contributed by atoms with van der Waals surface area (Å²) in [6.45, 7) is 12.8. The van der Waals surface area contributed by atoms with E-state index in [0.29, 0.717) is 0 Å². The first kappa shape index (κ1) is 14.6. The predicted molar refractivity (Wildman–Crippen MR) is 93.4 cm³/mol. The van der Waals surface area contributed by atoms with Crippen molar-refractivity contribution in [3.63, 3.8) is 0 Å². The molecular formula is C19H23N3. The Morgan fingerprint density at radius 1 is 0.864 bits per heavy atom. The monoisotopic (exact) mass is 293 g/mol. The topological polar surface area (TPSA) is 43.9 Å². The number of nitrogens with zero attached hydrogens (tertiary/aromatic N) is 1. The fourth-order valence-corrected chi connectivity index (χ4v) is 2.86. The Morgan fingerprint density at radius 3 is 2.14 bits per heavy atom. The Bertz CT molecular complexity index is 838. The summed E-state index contributed by atoms with van der Waals surface area (Å²) in [5, 5.41) is 0. The second kappa shape index (κ2) is 5.16. The van der Waals surface area contributed by atoms with Crippen molar-refractivity contribution in [1.82, 2.24) is 9.97 Å². The minimum atomic E-state index is 1.05. The van der Waals surface area contributed by atoms with E-state index in [9.17, 15) is 0 Å². The van der Waals surface area contributed by atoms with Crippen molar-refractivity contribution in [2.24, 2.45) is 4.99 Å². The van der Waals surface area contributed by atoms with Gasteiger partial charge in [0.2, 0.25) is 0 Å². The molecule has 0 radical (unpaired) electrons. The number of aryl methyl sites for hydroxylation is 2. The first-order valence-electron chi connectivity index (χ1n) is 7.69. The fraction of sp³-hybridized carbons (Fsp3) is 0.316. The van der Waals surface area contributed by atoms with Crippen LogP contribution in [-0.4, -0.2) is 15.7 Å². The van der Waals surface area contributed by atoms with Crippen LogP contribution < -0.4 is 0 Å². The highest BCUT2D eigenvalue weighted by Crippen LogP contribution is 2.30. The molecule has 0 unspecified atom stereocenters. The van der Waals surface area contributed by atoms with Crippen molar-refractivity contribution in [1.29, 1.82) is 0 Å². The lowest BCUT2D eigenvalue weighted by Gasteiger charge is -1.99. The zero-order valence-corrected chi connectivity index (χ0v) is 14.2. The number of allylic oxidation sites excluding steroid dienone is 2. The molecule has 0 bridgehead atoms. The number of hydrogen-bond donors (Lipinski definition) is 2. The predicted octanol–water partition coefficient (Wildman–Crippen LogP) is 4.76. The molecule has 0 amide bonds. The molecule has 0 aromatic carbocycles. The Labute approximate surface area is 131 Å². The number of nitrogens with one attached hydrogen (secondary N) is 2. The fourth-order valence-electron chi connectivity index (χ4n) is 2.86. The van der Waals surface area contributed by atoms with Crippen LogP contribution >= 0.6 is 0 Å². The van der Waals surface area contributed by atoms with Gasteiger partial charge in [-0.05, 0) is 82.0 Å². The first-order chi connectivity index (χ1) is 10.4. The van der Waals surface area contributed by atoms with Crippen LogP contribution in [0.25, 0.3) is 6.08 Å². The van der Waals surface area contributed by atoms with Gasteiger partial charge in [0.05, 0.1) is 17.1 Å². The maximum absolute atomic E-state index is 4.86. The summed E-state index contributed by atoms with van der Waals surface area (Å²) in [5.74, 6) is 0. The molecule has 0 saturated heterocycles. The normalized spacial score (nSPS) is 16.8. The highest BCUT2D eigenvalue weighted by atomic mass is 14.9. The third-order valence-electron chi connectivity index (χ3n) is 4.75. The quantitative estimate of drug-likeness (QED) is 0.802. The van der Waals surface area contributed by atoms with Crippen LogP contribution in [0.5, 0.6) is 0 Å². The molecule has 3 heteroatoms. The second-order valence-corrected chi connectivity index (χ2v) is 6.21. The summed E-state index contributed by atoms with van der Waals surface area (Å²) in [4.78, 5) is 11.7. The Hall–Kier alpha value is -2.29. The minimum Gasteiger partial charge on any atom is -0.359 e. The minimum absolute atomic E-state index is 1.05. The maximum atomic E-state index is 4.86. The highest BCUT2D eigenvalue weighted by molar-refractivity contribution is 6.15. The van der Waals surface area contributed by atoms with E-state index in [4.69, 9.17) is 4.99 Å². The average Bonchev–Trinajstić information content (AvgIpc) is 3.09. The van der Waals surface area contributed by atoms with Gasteiger partial charge in [-0.15, -0.1) is 0 Å². The van der Waals surface area contributed by atoms with Crippen molar-refractivity contribution >= 4 is 11.8 Å². The van der Waals surface area contributed by atoms with Crippen LogP contribution in [0.1, 0.15) is 47.8 Å². The number of aromatic nitrogens is 2. The van der Waals surface area contributed by atoms with Gasteiger partial charge in [0.15, 0.2) is 0 Å². The van der Waals surface area contributed by atoms with E-state index < -0.39 is 0 Å². The van der Waals surface area contributed by atoms with Crippen LogP contribution in [0, 0.1) is 27.7 Å². The molecule has 3 rings (SSSR count). The number of rotatable bonds is 2. The van der Waals surface area contributed by atoms with Gasteiger partial charge in [-0.25, -0.2) is 4.99 Å². The Morgan fingerprint density at radius 2 is 1.59 bits per heavy atom. The number of hydrogen-bond acceptors (Lipinski definition) is 1. The van der Waals surface area contributed by atoms with Gasteiger partial charge in [-0.3, -0.25) is 0 Å². The van der Waals surface area contributed by atoms with Crippen LogP contribution in [0.4, 0.5) is 0 Å². The summed E-state index contributed by atoms with van der Waals surface area (Å²) in [6.07, 6.45) is 2.16. The van der Waals surface area contributed by atoms with E-state index in [1.807, 2.05) is 0 Å². The molecule has 0 fully saturated rings. The van der Waals surface area contributed by atoms with Crippen molar-refractivity contribution in [3.8, 4) is 0 Å². The van der Waals surface area contributed by atoms with Gasteiger partial charge in [0, 0.05) is 17.1 Å². The van der Waals surface area contributed by atoms with Gasteiger partial charge < -0.3 is 9.97 Å². The van der Waals surface area contributed by atoms with E-state index in [0.717, 1.165) is 28.5 Å². The molecule has 0 atom stereocenters. The molecule has 1 aliphatic heterocycles. The molecule has 2 aromatic heterocycles. The molecule has 0 spiro atoms. The molecule has 1 aliphatic rings. The third-order valence-corrected chi connectivity index (χ3v) is 4.75. The summed E-state index contributed by atoms with van der Waals surface area (Å²) >= 11 is 0. The summed E-state index contributed by atoms with van der Waals surface area (Å²) < 4.78 is 0. The SMILES string of the molecule is CC1=C(C)/C(=C\c2[nH]c(C)c(C)c2C)N=C1c1ccc(C)[nH]1. The molecule has 0 aliphatic carbocycles. The third kappa shape index (κ3) is 2.27. The molecule has 2 aromatic rings. The smallest absolute Gasteiger partial charge is 0.0904 e.